The maximum absolute atomic E-state index is 11.8. The molecule has 2 N–H and O–H groups in total. The van der Waals surface area contributed by atoms with Crippen molar-refractivity contribution in [2.75, 3.05) is 19.8 Å². The van der Waals surface area contributed by atoms with E-state index in [4.69, 9.17) is 9.47 Å². The Balaban J connectivity index is 2.34. The highest BCUT2D eigenvalue weighted by Gasteiger charge is 2.22. The molecular weight excluding hydrogens is 224 g/mol. The van der Waals surface area contributed by atoms with E-state index < -0.39 is 6.10 Å². The molecule has 1 aromatic rings. The zero-order valence-corrected chi connectivity index (χ0v) is 9.90. The van der Waals surface area contributed by atoms with E-state index in [1.807, 2.05) is 13.8 Å². The van der Waals surface area contributed by atoms with Gasteiger partial charge in [-0.05, 0) is 5.92 Å². The fourth-order valence-corrected chi connectivity index (χ4v) is 1.81. The second-order valence-corrected chi connectivity index (χ2v) is 4.28. The smallest absolute Gasteiger partial charge is 0.258 e. The summed E-state index contributed by atoms with van der Waals surface area (Å²) in [5.74, 6) is 0.00773. The Morgan fingerprint density at radius 2 is 2.24 bits per heavy atom. The standard InChI is InChI=1S/C11H16N2O4/c1-6(2)8-10(14)12-9(13-11(8)15)7-5-16-3-4-17-7/h6-7H,3-5H2,1-2H3,(H2,12,13,14,15). The predicted molar refractivity (Wildman–Crippen MR) is 60.1 cm³/mol. The molecule has 1 saturated heterocycles. The van der Waals surface area contributed by atoms with Crippen LogP contribution in [0.5, 0.6) is 5.88 Å². The first-order valence-electron chi connectivity index (χ1n) is 5.62. The highest BCUT2D eigenvalue weighted by Crippen LogP contribution is 2.22. The van der Waals surface area contributed by atoms with E-state index in [-0.39, 0.29) is 17.4 Å². The first-order valence-corrected chi connectivity index (χ1v) is 5.62. The lowest BCUT2D eigenvalue weighted by Gasteiger charge is -2.22. The average Bonchev–Trinajstić information content (AvgIpc) is 2.28. The van der Waals surface area contributed by atoms with Gasteiger partial charge in [-0.2, -0.15) is 4.98 Å². The van der Waals surface area contributed by atoms with Gasteiger partial charge < -0.3 is 19.6 Å². The minimum atomic E-state index is -0.413. The summed E-state index contributed by atoms with van der Waals surface area (Å²) in [6.07, 6.45) is -0.413. The molecule has 6 heteroatoms. The normalized spacial score (nSPS) is 20.8. The van der Waals surface area contributed by atoms with Crippen LogP contribution in [-0.2, 0) is 9.47 Å². The molecule has 0 aromatic carbocycles. The molecule has 2 rings (SSSR count). The molecule has 0 spiro atoms. The summed E-state index contributed by atoms with van der Waals surface area (Å²) in [7, 11) is 0. The van der Waals surface area contributed by atoms with Gasteiger partial charge in [-0.1, -0.05) is 13.8 Å². The van der Waals surface area contributed by atoms with Gasteiger partial charge in [0.1, 0.15) is 11.9 Å². The molecule has 0 radical (unpaired) electrons. The monoisotopic (exact) mass is 240 g/mol. The van der Waals surface area contributed by atoms with Gasteiger partial charge in [0.25, 0.3) is 5.56 Å². The van der Waals surface area contributed by atoms with Crippen molar-refractivity contribution < 1.29 is 14.6 Å². The number of aromatic nitrogens is 2. The highest BCUT2D eigenvalue weighted by molar-refractivity contribution is 5.26. The summed E-state index contributed by atoms with van der Waals surface area (Å²) in [6.45, 7) is 4.99. The van der Waals surface area contributed by atoms with Crippen molar-refractivity contribution >= 4 is 0 Å². The van der Waals surface area contributed by atoms with Gasteiger partial charge in [-0.3, -0.25) is 4.79 Å². The Morgan fingerprint density at radius 1 is 1.47 bits per heavy atom. The summed E-state index contributed by atoms with van der Waals surface area (Å²) in [5.41, 5.74) is -0.0258. The van der Waals surface area contributed by atoms with Crippen LogP contribution in [0.4, 0.5) is 0 Å². The van der Waals surface area contributed by atoms with Crippen LogP contribution in [-0.4, -0.2) is 34.9 Å². The molecule has 0 amide bonds. The van der Waals surface area contributed by atoms with Gasteiger partial charge in [0, 0.05) is 0 Å². The Morgan fingerprint density at radius 3 is 2.76 bits per heavy atom. The van der Waals surface area contributed by atoms with Crippen LogP contribution in [0.25, 0.3) is 0 Å². The number of H-pyrrole nitrogens is 1. The van der Waals surface area contributed by atoms with Gasteiger partial charge >= 0.3 is 0 Å². The zero-order valence-electron chi connectivity index (χ0n) is 9.90. The Bertz CT molecular complexity index is 449. The molecule has 1 atom stereocenters. The fraction of sp³-hybridized carbons (Fsp3) is 0.636. The van der Waals surface area contributed by atoms with E-state index in [0.717, 1.165) is 0 Å². The Kier molecular flexibility index (Phi) is 3.44. The molecule has 17 heavy (non-hydrogen) atoms. The number of nitrogens with one attached hydrogen (secondary N) is 1. The zero-order chi connectivity index (χ0) is 12.4. The number of rotatable bonds is 2. The topological polar surface area (TPSA) is 84.4 Å². The van der Waals surface area contributed by atoms with Gasteiger partial charge in [0.05, 0.1) is 25.4 Å². The maximum Gasteiger partial charge on any atom is 0.258 e. The molecule has 1 aromatic heterocycles. The lowest BCUT2D eigenvalue weighted by molar-refractivity contribution is -0.0937. The summed E-state index contributed by atoms with van der Waals surface area (Å²) in [5, 5.41) is 9.75. The quantitative estimate of drug-likeness (QED) is 0.794. The summed E-state index contributed by atoms with van der Waals surface area (Å²) in [6, 6.07) is 0. The van der Waals surface area contributed by atoms with Gasteiger partial charge in [0.2, 0.25) is 5.88 Å². The van der Waals surface area contributed by atoms with Crippen LogP contribution in [0.3, 0.4) is 0 Å². The van der Waals surface area contributed by atoms with Crippen LogP contribution in [0, 0.1) is 0 Å². The lowest BCUT2D eigenvalue weighted by Crippen LogP contribution is -2.27. The molecule has 2 heterocycles. The first-order chi connectivity index (χ1) is 8.09. The molecule has 0 bridgehead atoms. The van der Waals surface area contributed by atoms with E-state index in [2.05, 4.69) is 9.97 Å². The van der Waals surface area contributed by atoms with E-state index in [1.54, 1.807) is 0 Å². The number of aromatic amines is 1. The summed E-state index contributed by atoms with van der Waals surface area (Å²) in [4.78, 5) is 18.4. The van der Waals surface area contributed by atoms with Crippen molar-refractivity contribution in [1.29, 1.82) is 0 Å². The van der Waals surface area contributed by atoms with Gasteiger partial charge in [0.15, 0.2) is 0 Å². The number of hydrogen-bond donors (Lipinski definition) is 2. The largest absolute Gasteiger partial charge is 0.493 e. The molecule has 6 nitrogen and oxygen atoms in total. The minimum Gasteiger partial charge on any atom is -0.493 e. The maximum atomic E-state index is 11.8. The predicted octanol–water partition coefficient (Wildman–Crippen LogP) is 0.687. The van der Waals surface area contributed by atoms with Crippen molar-refractivity contribution in [2.24, 2.45) is 0 Å². The molecule has 0 saturated carbocycles. The number of nitrogens with zero attached hydrogens (tertiary/aromatic N) is 1. The van der Waals surface area contributed by atoms with Crippen LogP contribution in [0.2, 0.25) is 0 Å². The number of ether oxygens (including phenoxy) is 2. The molecule has 1 unspecified atom stereocenters. The van der Waals surface area contributed by atoms with E-state index >= 15 is 0 Å². The van der Waals surface area contributed by atoms with Crippen molar-refractivity contribution in [3.63, 3.8) is 0 Å². The molecule has 1 aliphatic rings. The molecular formula is C11H16N2O4. The summed E-state index contributed by atoms with van der Waals surface area (Å²) < 4.78 is 10.6. The van der Waals surface area contributed by atoms with Crippen LogP contribution >= 0.6 is 0 Å². The van der Waals surface area contributed by atoms with Crippen molar-refractivity contribution in [2.45, 2.75) is 25.9 Å². The molecule has 1 aliphatic heterocycles. The van der Waals surface area contributed by atoms with E-state index in [1.165, 1.54) is 0 Å². The Hall–Kier alpha value is -1.40. The van der Waals surface area contributed by atoms with Gasteiger partial charge in [-0.25, -0.2) is 0 Å². The third-order valence-corrected chi connectivity index (χ3v) is 2.65. The van der Waals surface area contributed by atoms with Crippen molar-refractivity contribution in [1.82, 2.24) is 9.97 Å². The average molecular weight is 240 g/mol. The van der Waals surface area contributed by atoms with E-state index in [9.17, 15) is 9.90 Å². The Labute approximate surface area is 98.6 Å². The molecule has 0 aliphatic carbocycles. The number of hydrogen-bond acceptors (Lipinski definition) is 5. The van der Waals surface area contributed by atoms with Crippen LogP contribution in [0.15, 0.2) is 4.79 Å². The third kappa shape index (κ3) is 2.48. The van der Waals surface area contributed by atoms with Crippen LogP contribution in [0.1, 0.15) is 37.3 Å². The van der Waals surface area contributed by atoms with E-state index in [0.29, 0.717) is 31.2 Å². The SMILES string of the molecule is CC(C)c1c(O)nc(C2COCCO2)[nH]c1=O. The second-order valence-electron chi connectivity index (χ2n) is 4.28. The summed E-state index contributed by atoms with van der Waals surface area (Å²) >= 11 is 0. The molecule has 1 fully saturated rings. The van der Waals surface area contributed by atoms with Crippen LogP contribution < -0.4 is 5.56 Å². The lowest BCUT2D eigenvalue weighted by atomic mass is 10.1. The van der Waals surface area contributed by atoms with Crippen molar-refractivity contribution in [3.05, 3.63) is 21.7 Å². The van der Waals surface area contributed by atoms with Gasteiger partial charge in [-0.15, -0.1) is 0 Å². The number of aromatic hydroxyl groups is 1. The fourth-order valence-electron chi connectivity index (χ4n) is 1.81. The third-order valence-electron chi connectivity index (χ3n) is 2.65. The minimum absolute atomic E-state index is 0.0798. The first kappa shape index (κ1) is 12.1. The van der Waals surface area contributed by atoms with Crippen molar-refractivity contribution in [3.8, 4) is 5.88 Å². The highest BCUT2D eigenvalue weighted by atomic mass is 16.6. The second kappa shape index (κ2) is 4.85. The molecule has 94 valence electrons.